The summed E-state index contributed by atoms with van der Waals surface area (Å²) >= 11 is 1.63. The van der Waals surface area contributed by atoms with Gasteiger partial charge in [0.15, 0.2) is 5.16 Å². The Hall–Kier alpha value is -3.75. The van der Waals surface area contributed by atoms with Crippen molar-refractivity contribution in [3.8, 4) is 0 Å². The molecule has 0 spiro atoms. The van der Waals surface area contributed by atoms with Gasteiger partial charge in [0.1, 0.15) is 5.82 Å². The van der Waals surface area contributed by atoms with Crippen molar-refractivity contribution in [2.45, 2.75) is 37.8 Å². The second-order valence-corrected chi connectivity index (χ2v) is 10.7. The Kier molecular flexibility index (Phi) is 8.85. The number of hydrogen-bond donors (Lipinski definition) is 1. The molecule has 2 aromatic heterocycles. The number of nitrogens with zero attached hydrogens (tertiary/aromatic N) is 5. The third-order valence-corrected chi connectivity index (χ3v) is 7.92. The molecule has 0 radical (unpaired) electrons. The second kappa shape index (κ2) is 12.9. The first-order chi connectivity index (χ1) is 19.0. The van der Waals surface area contributed by atoms with Crippen molar-refractivity contribution >= 4 is 23.5 Å². The molecule has 1 fully saturated rings. The average molecular weight is 539 g/mol. The van der Waals surface area contributed by atoms with Gasteiger partial charge in [-0.25, -0.2) is 9.97 Å². The van der Waals surface area contributed by atoms with Gasteiger partial charge in [-0.05, 0) is 49.2 Å². The molecule has 1 amide bonds. The molecule has 1 aliphatic rings. The van der Waals surface area contributed by atoms with Crippen molar-refractivity contribution in [1.82, 2.24) is 25.2 Å². The summed E-state index contributed by atoms with van der Waals surface area (Å²) in [5.74, 6) is 1.68. The van der Waals surface area contributed by atoms with Crippen LogP contribution in [0.15, 0.2) is 84.1 Å². The normalized spacial score (nSPS) is 13.8. The fourth-order valence-electron chi connectivity index (χ4n) is 4.60. The number of pyridine rings is 1. The highest BCUT2D eigenvalue weighted by atomic mass is 32.2. The summed E-state index contributed by atoms with van der Waals surface area (Å²) in [7, 11) is 0. The van der Waals surface area contributed by atoms with Crippen LogP contribution in [0.2, 0.25) is 0 Å². The minimum absolute atomic E-state index is 0.106. The molecule has 2 aromatic carbocycles. The fraction of sp³-hybridized carbons (Fsp3) is 0.290. The lowest BCUT2D eigenvalue weighted by atomic mass is 10.1. The van der Waals surface area contributed by atoms with Crippen LogP contribution in [-0.4, -0.2) is 51.9 Å². The highest BCUT2D eigenvalue weighted by Gasteiger charge is 2.21. The van der Waals surface area contributed by atoms with Crippen LogP contribution < -0.4 is 10.2 Å². The minimum atomic E-state index is -0.106. The van der Waals surface area contributed by atoms with Crippen LogP contribution in [0.25, 0.3) is 0 Å². The summed E-state index contributed by atoms with van der Waals surface area (Å²) < 4.78 is 0. The molecule has 3 heterocycles. The van der Waals surface area contributed by atoms with Gasteiger partial charge >= 0.3 is 0 Å². The van der Waals surface area contributed by atoms with Crippen LogP contribution in [0.3, 0.4) is 0 Å². The number of hydrogen-bond acceptors (Lipinski definition) is 7. The summed E-state index contributed by atoms with van der Waals surface area (Å²) in [6.07, 6.45) is 1.73. The topological polar surface area (TPSA) is 74.2 Å². The lowest BCUT2D eigenvalue weighted by Crippen LogP contribution is -2.46. The standard InChI is InChI=1S/C31H34N6OS/c1-23-24(2)34-31(35-29(23)37-18-16-36(17-19-37)21-25-8-4-3-5-9-25)39-22-26-11-13-27(14-12-26)30(38)33-20-28-10-6-7-15-32-28/h3-15H,16-22H2,1-2H3,(H,33,38). The van der Waals surface area contributed by atoms with Gasteiger partial charge in [0.2, 0.25) is 0 Å². The van der Waals surface area contributed by atoms with Crippen LogP contribution >= 0.6 is 11.8 Å². The Morgan fingerprint density at radius 1 is 0.872 bits per heavy atom. The number of piperazine rings is 1. The summed E-state index contributed by atoms with van der Waals surface area (Å²) in [6, 6.07) is 24.1. The second-order valence-electron chi connectivity index (χ2n) is 9.78. The number of nitrogens with one attached hydrogen (secondary N) is 1. The number of thioether (sulfide) groups is 1. The highest BCUT2D eigenvalue weighted by molar-refractivity contribution is 7.98. The fourth-order valence-corrected chi connectivity index (χ4v) is 5.44. The molecule has 0 saturated carbocycles. The van der Waals surface area contributed by atoms with E-state index in [-0.39, 0.29) is 5.91 Å². The summed E-state index contributed by atoms with van der Waals surface area (Å²) in [4.78, 5) is 31.4. The van der Waals surface area contributed by atoms with Gasteiger partial charge in [-0.3, -0.25) is 14.7 Å². The van der Waals surface area contributed by atoms with Crippen molar-refractivity contribution < 1.29 is 4.79 Å². The van der Waals surface area contributed by atoms with Gasteiger partial charge in [-0.1, -0.05) is 60.3 Å². The zero-order chi connectivity index (χ0) is 27.0. The number of amides is 1. The molecule has 1 aliphatic heterocycles. The quantitative estimate of drug-likeness (QED) is 0.237. The summed E-state index contributed by atoms with van der Waals surface area (Å²) in [5.41, 5.74) is 6.12. The Bertz CT molecular complexity index is 1370. The smallest absolute Gasteiger partial charge is 0.251 e. The van der Waals surface area contributed by atoms with Crippen molar-refractivity contribution in [3.05, 3.63) is 113 Å². The van der Waals surface area contributed by atoms with Crippen LogP contribution in [-0.2, 0) is 18.8 Å². The first-order valence-corrected chi connectivity index (χ1v) is 14.3. The lowest BCUT2D eigenvalue weighted by Gasteiger charge is -2.36. The van der Waals surface area contributed by atoms with Crippen LogP contribution in [0.4, 0.5) is 5.82 Å². The Morgan fingerprint density at radius 2 is 1.62 bits per heavy atom. The molecule has 7 nitrogen and oxygen atoms in total. The van der Waals surface area contributed by atoms with Gasteiger partial charge in [0, 0.05) is 61.5 Å². The Labute approximate surface area is 234 Å². The highest BCUT2D eigenvalue weighted by Crippen LogP contribution is 2.27. The number of aromatic nitrogens is 3. The van der Waals surface area contributed by atoms with E-state index in [2.05, 4.69) is 64.3 Å². The van der Waals surface area contributed by atoms with Gasteiger partial charge < -0.3 is 10.2 Å². The summed E-state index contributed by atoms with van der Waals surface area (Å²) in [5, 5.41) is 3.71. The number of benzene rings is 2. The first kappa shape index (κ1) is 26.8. The van der Waals surface area contributed by atoms with E-state index in [1.54, 1.807) is 18.0 Å². The molecule has 0 aliphatic carbocycles. The molecule has 0 unspecified atom stereocenters. The molecule has 1 saturated heterocycles. The third kappa shape index (κ3) is 7.22. The van der Waals surface area contributed by atoms with E-state index in [9.17, 15) is 4.79 Å². The van der Waals surface area contributed by atoms with E-state index < -0.39 is 0 Å². The van der Waals surface area contributed by atoms with E-state index in [4.69, 9.17) is 9.97 Å². The molecule has 39 heavy (non-hydrogen) atoms. The molecular weight excluding hydrogens is 504 g/mol. The Morgan fingerprint density at radius 3 is 2.33 bits per heavy atom. The number of rotatable bonds is 9. The molecule has 8 heteroatoms. The molecule has 4 aromatic rings. The number of carbonyl (C=O) groups excluding carboxylic acids is 1. The van der Waals surface area contributed by atoms with E-state index in [0.29, 0.717) is 12.1 Å². The van der Waals surface area contributed by atoms with Crippen molar-refractivity contribution in [1.29, 1.82) is 0 Å². The average Bonchev–Trinajstić information content (AvgIpc) is 2.98. The largest absolute Gasteiger partial charge is 0.354 e. The minimum Gasteiger partial charge on any atom is -0.354 e. The van der Waals surface area contributed by atoms with Crippen LogP contribution in [0, 0.1) is 13.8 Å². The van der Waals surface area contributed by atoms with Gasteiger partial charge in [0.05, 0.1) is 12.2 Å². The Balaban J connectivity index is 1.15. The van der Waals surface area contributed by atoms with E-state index in [1.807, 2.05) is 42.5 Å². The lowest BCUT2D eigenvalue weighted by molar-refractivity contribution is 0.0950. The monoisotopic (exact) mass is 538 g/mol. The van der Waals surface area contributed by atoms with Crippen molar-refractivity contribution in [3.63, 3.8) is 0 Å². The van der Waals surface area contributed by atoms with Crippen LogP contribution in [0.1, 0.15) is 38.4 Å². The molecular formula is C31H34N6OS. The zero-order valence-electron chi connectivity index (χ0n) is 22.5. The SMILES string of the molecule is Cc1nc(SCc2ccc(C(=O)NCc3ccccn3)cc2)nc(N2CCN(Cc3ccccc3)CC2)c1C. The third-order valence-electron chi connectivity index (χ3n) is 7.00. The van der Waals surface area contributed by atoms with Crippen LogP contribution in [0.5, 0.6) is 0 Å². The predicted molar refractivity (Wildman–Crippen MR) is 157 cm³/mol. The maximum Gasteiger partial charge on any atom is 0.251 e. The predicted octanol–water partition coefficient (Wildman–Crippen LogP) is 5.03. The van der Waals surface area contributed by atoms with E-state index >= 15 is 0 Å². The van der Waals surface area contributed by atoms with Crippen molar-refractivity contribution in [2.75, 3.05) is 31.1 Å². The number of anilines is 1. The molecule has 200 valence electrons. The van der Waals surface area contributed by atoms with Crippen molar-refractivity contribution in [2.24, 2.45) is 0 Å². The van der Waals surface area contributed by atoms with E-state index in [0.717, 1.165) is 72.0 Å². The molecule has 5 rings (SSSR count). The van der Waals surface area contributed by atoms with E-state index in [1.165, 1.54) is 5.56 Å². The van der Waals surface area contributed by atoms with Gasteiger partial charge in [0.25, 0.3) is 5.91 Å². The number of carbonyl (C=O) groups is 1. The summed E-state index contributed by atoms with van der Waals surface area (Å²) in [6.45, 7) is 9.52. The van der Waals surface area contributed by atoms with Gasteiger partial charge in [-0.2, -0.15) is 0 Å². The zero-order valence-corrected chi connectivity index (χ0v) is 23.3. The number of aryl methyl sites for hydroxylation is 1. The maximum absolute atomic E-state index is 12.5. The molecule has 0 bridgehead atoms. The first-order valence-electron chi connectivity index (χ1n) is 13.3. The van der Waals surface area contributed by atoms with Gasteiger partial charge in [-0.15, -0.1) is 0 Å². The maximum atomic E-state index is 12.5. The molecule has 1 N–H and O–H groups in total. The molecule has 0 atom stereocenters.